The summed E-state index contributed by atoms with van der Waals surface area (Å²) in [7, 11) is 0. The van der Waals surface area contributed by atoms with E-state index >= 15 is 0 Å². The van der Waals surface area contributed by atoms with Gasteiger partial charge in [-0.2, -0.15) is 0 Å². The maximum absolute atomic E-state index is 12.3. The third-order valence-corrected chi connectivity index (χ3v) is 5.68. The van der Waals surface area contributed by atoms with E-state index in [2.05, 4.69) is 9.88 Å². The monoisotopic (exact) mass is 483 g/mol. The molecule has 34 heavy (non-hydrogen) atoms. The number of pyridine rings is 1. The van der Waals surface area contributed by atoms with E-state index in [0.29, 0.717) is 66.1 Å². The predicted molar refractivity (Wildman–Crippen MR) is 131 cm³/mol. The number of nitrogens with two attached hydrogens (primary N) is 1. The van der Waals surface area contributed by atoms with E-state index in [1.807, 2.05) is 32.0 Å². The number of benzene rings is 1. The van der Waals surface area contributed by atoms with Crippen LogP contribution in [0.2, 0.25) is 0 Å². The summed E-state index contributed by atoms with van der Waals surface area (Å²) in [5.41, 5.74) is 8.45. The van der Waals surface area contributed by atoms with Crippen molar-refractivity contribution in [3.63, 3.8) is 0 Å². The molecule has 3 aromatic heterocycles. The molecule has 1 atom stereocenters. The quantitative estimate of drug-likeness (QED) is 0.335. The zero-order chi connectivity index (χ0) is 22.9. The number of hydrogen-bond acceptors (Lipinski definition) is 9. The highest BCUT2D eigenvalue weighted by molar-refractivity contribution is 6.05. The lowest BCUT2D eigenvalue weighted by Crippen LogP contribution is -2.38. The van der Waals surface area contributed by atoms with Gasteiger partial charge in [-0.25, -0.2) is 19.7 Å². The van der Waals surface area contributed by atoms with Gasteiger partial charge in [0, 0.05) is 24.8 Å². The summed E-state index contributed by atoms with van der Waals surface area (Å²) in [5.74, 6) is 1.09. The Morgan fingerprint density at radius 1 is 1.15 bits per heavy atom. The summed E-state index contributed by atoms with van der Waals surface area (Å²) in [6, 6.07) is 10.2. The molecular weight excluding hydrogens is 458 g/mol. The number of fused-ring (bicyclic) bond motifs is 3. The first-order valence-corrected chi connectivity index (χ1v) is 11.0. The Hall–Kier alpha value is -3.27. The van der Waals surface area contributed by atoms with Crippen molar-refractivity contribution < 1.29 is 18.7 Å². The van der Waals surface area contributed by atoms with E-state index in [1.54, 1.807) is 24.4 Å². The second-order valence-corrected chi connectivity index (χ2v) is 8.32. The van der Waals surface area contributed by atoms with Crippen LogP contribution in [0.25, 0.3) is 33.6 Å². The number of ether oxygens (including phenoxy) is 2. The van der Waals surface area contributed by atoms with Crippen LogP contribution in [-0.2, 0) is 9.53 Å². The number of aromatic nitrogens is 3. The minimum absolute atomic E-state index is 0. The molecule has 0 unspecified atom stereocenters. The minimum atomic E-state index is -0.695. The number of furan rings is 1. The van der Waals surface area contributed by atoms with Crippen molar-refractivity contribution >= 4 is 46.4 Å². The Labute approximate surface area is 202 Å². The molecule has 4 heterocycles. The Kier molecular flexibility index (Phi) is 6.97. The fraction of sp³-hybridized carbons (Fsp3) is 0.333. The average molecular weight is 484 g/mol. The van der Waals surface area contributed by atoms with Gasteiger partial charge in [0.05, 0.1) is 18.6 Å². The normalized spacial score (nSPS) is 14.9. The lowest BCUT2D eigenvalue weighted by molar-refractivity contribution is -0.136. The van der Waals surface area contributed by atoms with Gasteiger partial charge in [-0.1, -0.05) is 26.0 Å². The molecule has 2 N–H and O–H groups in total. The molecule has 0 saturated carbocycles. The fourth-order valence-electron chi connectivity index (χ4n) is 3.74. The topological polar surface area (TPSA) is 117 Å². The number of anilines is 1. The molecule has 10 heteroatoms. The number of esters is 1. The van der Waals surface area contributed by atoms with Crippen molar-refractivity contribution in [3.8, 4) is 17.1 Å². The van der Waals surface area contributed by atoms with Crippen LogP contribution in [-0.4, -0.2) is 53.3 Å². The number of nitrogens with zero attached hydrogens (tertiary/aromatic N) is 4. The largest absolute Gasteiger partial charge is 0.432 e. The van der Waals surface area contributed by atoms with Gasteiger partial charge in [0.2, 0.25) is 5.71 Å². The first-order chi connectivity index (χ1) is 16.0. The van der Waals surface area contributed by atoms with Gasteiger partial charge in [-0.05, 0) is 30.2 Å². The van der Waals surface area contributed by atoms with Crippen LogP contribution in [0.5, 0.6) is 5.75 Å². The number of halogens is 1. The van der Waals surface area contributed by atoms with E-state index in [9.17, 15) is 4.79 Å². The molecular formula is C24H26ClN5O4. The van der Waals surface area contributed by atoms with Crippen LogP contribution < -0.4 is 15.4 Å². The second kappa shape index (κ2) is 9.92. The van der Waals surface area contributed by atoms with Crippen LogP contribution >= 0.6 is 12.4 Å². The Bertz CT molecular complexity index is 1320. The summed E-state index contributed by atoms with van der Waals surface area (Å²) >= 11 is 0. The Morgan fingerprint density at radius 3 is 2.71 bits per heavy atom. The minimum Gasteiger partial charge on any atom is -0.432 e. The molecule has 1 aliphatic heterocycles. The fourth-order valence-corrected chi connectivity index (χ4v) is 3.74. The molecule has 5 rings (SSSR count). The van der Waals surface area contributed by atoms with Crippen LogP contribution in [0, 0.1) is 5.92 Å². The standard InChI is InChI=1S/C24H25N5O4.ClH/c1-14(2)18(25)24(30)32-16-6-3-5-15(13-16)21-27-19-17-7-4-8-26-23(17)33-20(19)22(28-21)29-9-11-31-12-10-29;/h3-8,13-14,18H,9-12,25H2,1-2H3;1H/t18-;/m0./s1. The summed E-state index contributed by atoms with van der Waals surface area (Å²) in [4.78, 5) is 28.5. The van der Waals surface area contributed by atoms with Crippen molar-refractivity contribution in [3.05, 3.63) is 42.6 Å². The SMILES string of the molecule is CC(C)[C@H](N)C(=O)Oc1cccc(-c2nc(N3CCOCC3)c3oc4ncccc4c3n2)c1.Cl. The molecule has 1 fully saturated rings. The summed E-state index contributed by atoms with van der Waals surface area (Å²) in [5, 5.41) is 0.816. The van der Waals surface area contributed by atoms with Gasteiger partial charge in [-0.3, -0.25) is 0 Å². The summed E-state index contributed by atoms with van der Waals surface area (Å²) in [6.07, 6.45) is 1.69. The first kappa shape index (κ1) is 23.9. The third kappa shape index (κ3) is 4.54. The average Bonchev–Trinajstić information content (AvgIpc) is 3.22. The molecule has 1 saturated heterocycles. The molecule has 0 aliphatic carbocycles. The Balaban J connectivity index is 0.00000274. The summed E-state index contributed by atoms with van der Waals surface area (Å²) in [6.45, 7) is 6.37. The molecule has 1 aromatic carbocycles. The van der Waals surface area contributed by atoms with Gasteiger partial charge < -0.3 is 24.5 Å². The zero-order valence-corrected chi connectivity index (χ0v) is 19.7. The second-order valence-electron chi connectivity index (χ2n) is 8.32. The first-order valence-electron chi connectivity index (χ1n) is 11.0. The molecule has 178 valence electrons. The number of rotatable bonds is 5. The van der Waals surface area contributed by atoms with Crippen LogP contribution in [0.4, 0.5) is 5.82 Å². The molecule has 4 aromatic rings. The van der Waals surface area contributed by atoms with Gasteiger partial charge in [-0.15, -0.1) is 12.4 Å². The van der Waals surface area contributed by atoms with Gasteiger partial charge in [0.1, 0.15) is 17.3 Å². The van der Waals surface area contributed by atoms with Gasteiger partial charge in [0.25, 0.3) is 0 Å². The van der Waals surface area contributed by atoms with E-state index in [-0.39, 0.29) is 18.3 Å². The van der Waals surface area contributed by atoms with Crippen molar-refractivity contribution in [1.29, 1.82) is 0 Å². The maximum Gasteiger partial charge on any atom is 0.328 e. The smallest absolute Gasteiger partial charge is 0.328 e. The van der Waals surface area contributed by atoms with Gasteiger partial charge >= 0.3 is 5.97 Å². The molecule has 0 amide bonds. The highest BCUT2D eigenvalue weighted by atomic mass is 35.5. The van der Waals surface area contributed by atoms with Crippen LogP contribution in [0.3, 0.4) is 0 Å². The van der Waals surface area contributed by atoms with Crippen LogP contribution in [0.15, 0.2) is 47.0 Å². The van der Waals surface area contributed by atoms with E-state index in [4.69, 9.17) is 29.6 Å². The van der Waals surface area contributed by atoms with Crippen LogP contribution in [0.1, 0.15) is 13.8 Å². The number of morpholine rings is 1. The number of carbonyl (C=O) groups excluding carboxylic acids is 1. The van der Waals surface area contributed by atoms with Crippen molar-refractivity contribution in [1.82, 2.24) is 15.0 Å². The molecule has 0 radical (unpaired) electrons. The van der Waals surface area contributed by atoms with Crippen molar-refractivity contribution in [2.45, 2.75) is 19.9 Å². The molecule has 0 spiro atoms. The lowest BCUT2D eigenvalue weighted by atomic mass is 10.1. The zero-order valence-electron chi connectivity index (χ0n) is 18.9. The maximum atomic E-state index is 12.3. The number of carbonyl (C=O) groups is 1. The number of hydrogen-bond donors (Lipinski definition) is 1. The summed E-state index contributed by atoms with van der Waals surface area (Å²) < 4.78 is 17.1. The third-order valence-electron chi connectivity index (χ3n) is 5.68. The van der Waals surface area contributed by atoms with E-state index in [1.165, 1.54) is 0 Å². The Morgan fingerprint density at radius 2 is 1.94 bits per heavy atom. The van der Waals surface area contributed by atoms with Gasteiger partial charge in [0.15, 0.2) is 17.2 Å². The highest BCUT2D eigenvalue weighted by Crippen LogP contribution is 2.34. The lowest BCUT2D eigenvalue weighted by Gasteiger charge is -2.27. The van der Waals surface area contributed by atoms with Crippen molar-refractivity contribution in [2.24, 2.45) is 11.7 Å². The molecule has 0 bridgehead atoms. The highest BCUT2D eigenvalue weighted by Gasteiger charge is 2.23. The van der Waals surface area contributed by atoms with Crippen molar-refractivity contribution in [2.75, 3.05) is 31.2 Å². The molecule has 9 nitrogen and oxygen atoms in total. The van der Waals surface area contributed by atoms with E-state index < -0.39 is 12.0 Å². The predicted octanol–water partition coefficient (Wildman–Crippen LogP) is 3.59. The molecule has 1 aliphatic rings. The van der Waals surface area contributed by atoms with E-state index in [0.717, 1.165) is 5.39 Å².